The largest absolute Gasteiger partial charge is 0.481 e. The monoisotopic (exact) mass is 368 g/mol. The number of piperidine rings is 1. The first kappa shape index (κ1) is 18.4. The van der Waals surface area contributed by atoms with Crippen molar-refractivity contribution >= 4 is 23.7 Å². The molecule has 2 amide bonds. The maximum atomic E-state index is 12.5. The molecule has 2 aromatic carbocycles. The fourth-order valence-corrected chi connectivity index (χ4v) is 2.95. The second-order valence-corrected chi connectivity index (χ2v) is 6.31. The summed E-state index contributed by atoms with van der Waals surface area (Å²) < 4.78 is 5.15. The van der Waals surface area contributed by atoms with Crippen LogP contribution in [0.1, 0.15) is 23.2 Å². The SMILES string of the molecule is O=C(Nc1ccc(C(=O)N2CCC(C(=O)O)CC2)cc1)Oc1ccccc1. The number of carbonyl (C=O) groups is 3. The lowest BCUT2D eigenvalue weighted by Gasteiger charge is -2.30. The molecule has 0 saturated carbocycles. The van der Waals surface area contributed by atoms with E-state index in [9.17, 15) is 14.4 Å². The lowest BCUT2D eigenvalue weighted by molar-refractivity contribution is -0.143. The second kappa shape index (κ2) is 8.35. The van der Waals surface area contributed by atoms with Crippen molar-refractivity contribution in [2.24, 2.45) is 5.92 Å². The summed E-state index contributed by atoms with van der Waals surface area (Å²) in [4.78, 5) is 37.0. The van der Waals surface area contributed by atoms with Crippen LogP contribution in [0.25, 0.3) is 0 Å². The molecule has 0 spiro atoms. The Kier molecular flexibility index (Phi) is 5.71. The number of ether oxygens (including phenoxy) is 1. The highest BCUT2D eigenvalue weighted by atomic mass is 16.6. The van der Waals surface area contributed by atoms with Crippen LogP contribution in [0, 0.1) is 5.92 Å². The number of carboxylic acid groups (broad SMARTS) is 1. The molecular formula is C20H20N2O5. The van der Waals surface area contributed by atoms with Crippen LogP contribution in [0.15, 0.2) is 54.6 Å². The number of nitrogens with one attached hydrogen (secondary N) is 1. The van der Waals surface area contributed by atoms with Crippen LogP contribution in [0.3, 0.4) is 0 Å². The van der Waals surface area contributed by atoms with E-state index in [-0.39, 0.29) is 11.8 Å². The van der Waals surface area contributed by atoms with Gasteiger partial charge in [0, 0.05) is 24.3 Å². The number of para-hydroxylation sites is 1. The van der Waals surface area contributed by atoms with Crippen LogP contribution in [-0.4, -0.2) is 41.1 Å². The fraction of sp³-hybridized carbons (Fsp3) is 0.250. The van der Waals surface area contributed by atoms with Gasteiger partial charge in [-0.05, 0) is 49.2 Å². The van der Waals surface area contributed by atoms with Crippen molar-refractivity contribution in [2.45, 2.75) is 12.8 Å². The maximum Gasteiger partial charge on any atom is 0.417 e. The van der Waals surface area contributed by atoms with Crippen molar-refractivity contribution in [3.05, 3.63) is 60.2 Å². The Hall–Kier alpha value is -3.35. The van der Waals surface area contributed by atoms with Gasteiger partial charge in [0.1, 0.15) is 5.75 Å². The minimum absolute atomic E-state index is 0.141. The Labute approximate surface area is 156 Å². The van der Waals surface area contributed by atoms with Gasteiger partial charge in [-0.3, -0.25) is 14.9 Å². The molecule has 1 aliphatic rings. The number of carbonyl (C=O) groups excluding carboxylic acids is 2. The van der Waals surface area contributed by atoms with Gasteiger partial charge in [0.15, 0.2) is 0 Å². The van der Waals surface area contributed by atoms with E-state index in [1.54, 1.807) is 53.4 Å². The van der Waals surface area contributed by atoms with Gasteiger partial charge in [0.2, 0.25) is 0 Å². The number of hydrogen-bond donors (Lipinski definition) is 2. The summed E-state index contributed by atoms with van der Waals surface area (Å²) >= 11 is 0. The van der Waals surface area contributed by atoms with Crippen molar-refractivity contribution < 1.29 is 24.2 Å². The molecule has 0 aromatic heterocycles. The minimum atomic E-state index is -0.806. The topological polar surface area (TPSA) is 95.9 Å². The van der Waals surface area contributed by atoms with E-state index in [4.69, 9.17) is 9.84 Å². The molecule has 1 aliphatic heterocycles. The molecule has 1 fully saturated rings. The highest BCUT2D eigenvalue weighted by molar-refractivity contribution is 5.95. The average Bonchev–Trinajstić information content (AvgIpc) is 2.69. The Bertz CT molecular complexity index is 812. The van der Waals surface area contributed by atoms with Crippen LogP contribution in [0.2, 0.25) is 0 Å². The van der Waals surface area contributed by atoms with Crippen molar-refractivity contribution in [2.75, 3.05) is 18.4 Å². The average molecular weight is 368 g/mol. The van der Waals surface area contributed by atoms with E-state index in [2.05, 4.69) is 5.32 Å². The first-order valence-electron chi connectivity index (χ1n) is 8.69. The summed E-state index contributed by atoms with van der Waals surface area (Å²) in [5.41, 5.74) is 1.00. The highest BCUT2D eigenvalue weighted by Crippen LogP contribution is 2.20. The van der Waals surface area contributed by atoms with Gasteiger partial charge < -0.3 is 14.7 Å². The van der Waals surface area contributed by atoms with Gasteiger partial charge >= 0.3 is 12.1 Å². The lowest BCUT2D eigenvalue weighted by Crippen LogP contribution is -2.40. The number of aliphatic carboxylic acids is 1. The molecule has 1 saturated heterocycles. The quantitative estimate of drug-likeness (QED) is 0.864. The summed E-state index contributed by atoms with van der Waals surface area (Å²) in [6.07, 6.45) is 0.314. The standard InChI is InChI=1S/C20H20N2O5/c23-18(22-12-10-15(11-13-22)19(24)25)14-6-8-16(9-7-14)21-20(26)27-17-4-2-1-3-5-17/h1-9,15H,10-13H2,(H,21,26)(H,24,25). The summed E-state index contributed by atoms with van der Waals surface area (Å²) in [6, 6.07) is 15.2. The predicted octanol–water partition coefficient (Wildman–Crippen LogP) is 3.23. The molecule has 0 aliphatic carbocycles. The van der Waals surface area contributed by atoms with Gasteiger partial charge in [-0.15, -0.1) is 0 Å². The van der Waals surface area contributed by atoms with Crippen molar-refractivity contribution in [1.82, 2.24) is 4.90 Å². The summed E-state index contributed by atoms with van der Waals surface area (Å²) in [5, 5.41) is 11.6. The molecule has 27 heavy (non-hydrogen) atoms. The number of benzene rings is 2. The number of hydrogen-bond acceptors (Lipinski definition) is 4. The Balaban J connectivity index is 1.54. The Morgan fingerprint density at radius 3 is 2.19 bits per heavy atom. The molecule has 0 atom stereocenters. The minimum Gasteiger partial charge on any atom is -0.481 e. The van der Waals surface area contributed by atoms with E-state index < -0.39 is 12.1 Å². The van der Waals surface area contributed by atoms with E-state index in [0.29, 0.717) is 42.9 Å². The van der Waals surface area contributed by atoms with Crippen LogP contribution in [-0.2, 0) is 4.79 Å². The van der Waals surface area contributed by atoms with Crippen molar-refractivity contribution in [3.8, 4) is 5.75 Å². The summed E-state index contributed by atoms with van der Waals surface area (Å²) in [5.74, 6) is -0.889. The number of nitrogens with zero attached hydrogens (tertiary/aromatic N) is 1. The fourth-order valence-electron chi connectivity index (χ4n) is 2.95. The number of amides is 2. The zero-order valence-corrected chi connectivity index (χ0v) is 14.6. The Morgan fingerprint density at radius 2 is 1.59 bits per heavy atom. The van der Waals surface area contributed by atoms with E-state index in [1.807, 2.05) is 6.07 Å². The third-order valence-electron chi connectivity index (χ3n) is 4.46. The molecule has 7 heteroatoms. The lowest BCUT2D eigenvalue weighted by atomic mass is 9.96. The smallest absolute Gasteiger partial charge is 0.417 e. The summed E-state index contributed by atoms with van der Waals surface area (Å²) in [6.45, 7) is 0.860. The van der Waals surface area contributed by atoms with Crippen LogP contribution < -0.4 is 10.1 Å². The Morgan fingerprint density at radius 1 is 0.963 bits per heavy atom. The molecule has 0 radical (unpaired) electrons. The highest BCUT2D eigenvalue weighted by Gasteiger charge is 2.27. The van der Waals surface area contributed by atoms with Crippen LogP contribution >= 0.6 is 0 Å². The van der Waals surface area contributed by atoms with Gasteiger partial charge in [0.05, 0.1) is 5.92 Å². The van der Waals surface area contributed by atoms with Crippen molar-refractivity contribution in [3.63, 3.8) is 0 Å². The third-order valence-corrected chi connectivity index (χ3v) is 4.46. The molecule has 0 unspecified atom stereocenters. The van der Waals surface area contributed by atoms with Crippen LogP contribution in [0.5, 0.6) is 5.75 Å². The molecule has 2 aromatic rings. The van der Waals surface area contributed by atoms with Crippen molar-refractivity contribution in [1.29, 1.82) is 0 Å². The van der Waals surface area contributed by atoms with E-state index in [1.165, 1.54) is 0 Å². The van der Waals surface area contributed by atoms with E-state index >= 15 is 0 Å². The zero-order chi connectivity index (χ0) is 19.2. The second-order valence-electron chi connectivity index (χ2n) is 6.31. The predicted molar refractivity (Wildman–Crippen MR) is 98.8 cm³/mol. The molecule has 7 nitrogen and oxygen atoms in total. The molecule has 140 valence electrons. The molecule has 3 rings (SSSR count). The number of carboxylic acids is 1. The number of likely N-dealkylation sites (tertiary alicyclic amines) is 1. The molecule has 2 N–H and O–H groups in total. The van der Waals surface area contributed by atoms with Gasteiger partial charge in [-0.1, -0.05) is 18.2 Å². The first-order valence-corrected chi connectivity index (χ1v) is 8.69. The zero-order valence-electron chi connectivity index (χ0n) is 14.6. The van der Waals surface area contributed by atoms with Crippen LogP contribution in [0.4, 0.5) is 10.5 Å². The number of anilines is 1. The number of rotatable bonds is 4. The maximum absolute atomic E-state index is 12.5. The molecule has 0 bridgehead atoms. The van der Waals surface area contributed by atoms with Gasteiger partial charge in [-0.2, -0.15) is 0 Å². The van der Waals surface area contributed by atoms with E-state index in [0.717, 1.165) is 0 Å². The first-order chi connectivity index (χ1) is 13.0. The molecule has 1 heterocycles. The normalized spacial score (nSPS) is 14.4. The van der Waals surface area contributed by atoms with Gasteiger partial charge in [0.25, 0.3) is 5.91 Å². The summed E-state index contributed by atoms with van der Waals surface area (Å²) in [7, 11) is 0. The third kappa shape index (κ3) is 4.84. The van der Waals surface area contributed by atoms with Gasteiger partial charge in [-0.25, -0.2) is 4.79 Å². The molecular weight excluding hydrogens is 348 g/mol.